The van der Waals surface area contributed by atoms with Crippen molar-refractivity contribution >= 4 is 11.8 Å². The van der Waals surface area contributed by atoms with Crippen LogP contribution in [0.4, 0.5) is 0 Å². The molecule has 2 aliphatic heterocycles. The fraction of sp³-hybridized carbons (Fsp3) is 0.600. The molecule has 0 spiro atoms. The maximum atomic E-state index is 12.7. The van der Waals surface area contributed by atoms with E-state index >= 15 is 0 Å². The predicted octanol–water partition coefficient (Wildman–Crippen LogP) is 2.31. The number of ether oxygens (including phenoxy) is 1. The van der Waals surface area contributed by atoms with Gasteiger partial charge in [-0.3, -0.25) is 9.59 Å². The van der Waals surface area contributed by atoms with Gasteiger partial charge in [0.25, 0.3) is 0 Å². The van der Waals surface area contributed by atoms with E-state index in [0.717, 1.165) is 31.2 Å². The number of hydrogen-bond donors (Lipinski definition) is 0. The number of carbonyl (C=O) groups is 2. The molecule has 5 heteroatoms. The predicted molar refractivity (Wildman–Crippen MR) is 95.8 cm³/mol. The fourth-order valence-corrected chi connectivity index (χ4v) is 3.80. The van der Waals surface area contributed by atoms with Crippen LogP contribution in [0.15, 0.2) is 30.3 Å². The average molecular weight is 344 g/mol. The third kappa shape index (κ3) is 4.60. The van der Waals surface area contributed by atoms with E-state index in [2.05, 4.69) is 0 Å². The van der Waals surface area contributed by atoms with Gasteiger partial charge < -0.3 is 14.5 Å². The zero-order valence-electron chi connectivity index (χ0n) is 15.0. The van der Waals surface area contributed by atoms with Crippen molar-refractivity contribution in [1.82, 2.24) is 9.80 Å². The highest BCUT2D eigenvalue weighted by Crippen LogP contribution is 2.24. The first-order valence-corrected chi connectivity index (χ1v) is 9.30. The lowest BCUT2D eigenvalue weighted by Gasteiger charge is -2.35. The van der Waals surface area contributed by atoms with E-state index < -0.39 is 0 Å². The van der Waals surface area contributed by atoms with Gasteiger partial charge in [0, 0.05) is 51.7 Å². The van der Waals surface area contributed by atoms with Crippen molar-refractivity contribution in [3.05, 3.63) is 35.9 Å². The van der Waals surface area contributed by atoms with E-state index in [4.69, 9.17) is 4.74 Å². The molecule has 1 aromatic carbocycles. The van der Waals surface area contributed by atoms with Crippen LogP contribution in [0.3, 0.4) is 0 Å². The molecule has 136 valence electrons. The van der Waals surface area contributed by atoms with Gasteiger partial charge in [-0.05, 0) is 31.2 Å². The first-order chi connectivity index (χ1) is 12.1. The Hall–Kier alpha value is -1.88. The zero-order chi connectivity index (χ0) is 17.6. The van der Waals surface area contributed by atoms with E-state index in [1.54, 1.807) is 0 Å². The molecule has 25 heavy (non-hydrogen) atoms. The summed E-state index contributed by atoms with van der Waals surface area (Å²) in [7, 11) is 1.87. The van der Waals surface area contributed by atoms with Crippen LogP contribution < -0.4 is 0 Å². The number of nitrogens with zero attached hydrogens (tertiary/aromatic N) is 2. The summed E-state index contributed by atoms with van der Waals surface area (Å²) in [5.74, 6) is 0.600. The summed E-state index contributed by atoms with van der Waals surface area (Å²) in [6.07, 6.45) is 3.20. The van der Waals surface area contributed by atoms with Gasteiger partial charge in [-0.2, -0.15) is 0 Å². The Morgan fingerprint density at radius 3 is 2.32 bits per heavy atom. The first-order valence-electron chi connectivity index (χ1n) is 9.30. The summed E-state index contributed by atoms with van der Waals surface area (Å²) in [6, 6.07) is 10.1. The van der Waals surface area contributed by atoms with Gasteiger partial charge in [0.2, 0.25) is 11.8 Å². The highest BCUT2D eigenvalue weighted by atomic mass is 16.5. The summed E-state index contributed by atoms with van der Waals surface area (Å²) >= 11 is 0. The van der Waals surface area contributed by atoms with Gasteiger partial charge in [0.1, 0.15) is 0 Å². The maximum absolute atomic E-state index is 12.7. The topological polar surface area (TPSA) is 49.9 Å². The SMILES string of the molecule is CN(Cc1ccccc1)C(=O)C1CCN(C(=O)C2CCOCC2)CC1. The molecule has 5 nitrogen and oxygen atoms in total. The van der Waals surface area contributed by atoms with Gasteiger partial charge in [0.05, 0.1) is 0 Å². The molecule has 0 N–H and O–H groups in total. The molecule has 2 amide bonds. The van der Waals surface area contributed by atoms with Crippen LogP contribution in [0.5, 0.6) is 0 Å². The van der Waals surface area contributed by atoms with Crippen LogP contribution >= 0.6 is 0 Å². The second-order valence-electron chi connectivity index (χ2n) is 7.17. The third-order valence-electron chi connectivity index (χ3n) is 5.37. The minimum atomic E-state index is 0.0347. The number of benzene rings is 1. The lowest BCUT2D eigenvalue weighted by atomic mass is 9.92. The van der Waals surface area contributed by atoms with Crippen molar-refractivity contribution in [3.63, 3.8) is 0 Å². The quantitative estimate of drug-likeness (QED) is 0.842. The molecule has 0 saturated carbocycles. The fourth-order valence-electron chi connectivity index (χ4n) is 3.80. The second-order valence-corrected chi connectivity index (χ2v) is 7.17. The molecule has 2 aliphatic rings. The molecule has 0 aliphatic carbocycles. The first kappa shape index (κ1) is 17.9. The Kier molecular flexibility index (Phi) is 6.08. The van der Waals surface area contributed by atoms with Crippen molar-refractivity contribution in [1.29, 1.82) is 0 Å². The van der Waals surface area contributed by atoms with Crippen LogP contribution in [0.1, 0.15) is 31.2 Å². The van der Waals surface area contributed by atoms with Crippen molar-refractivity contribution in [2.24, 2.45) is 11.8 Å². The Morgan fingerprint density at radius 1 is 1.04 bits per heavy atom. The Bertz CT molecular complexity index is 576. The van der Waals surface area contributed by atoms with Crippen LogP contribution in [0.25, 0.3) is 0 Å². The third-order valence-corrected chi connectivity index (χ3v) is 5.37. The van der Waals surface area contributed by atoms with E-state index in [-0.39, 0.29) is 23.7 Å². The van der Waals surface area contributed by atoms with E-state index in [1.807, 2.05) is 47.2 Å². The maximum Gasteiger partial charge on any atom is 0.225 e. The lowest BCUT2D eigenvalue weighted by molar-refractivity contribution is -0.144. The van der Waals surface area contributed by atoms with Crippen LogP contribution in [0.2, 0.25) is 0 Å². The molecular weight excluding hydrogens is 316 g/mol. The van der Waals surface area contributed by atoms with Gasteiger partial charge in [-0.25, -0.2) is 0 Å². The zero-order valence-corrected chi connectivity index (χ0v) is 15.0. The highest BCUT2D eigenvalue weighted by Gasteiger charge is 2.32. The van der Waals surface area contributed by atoms with Crippen LogP contribution in [-0.4, -0.2) is 55.0 Å². The molecule has 2 saturated heterocycles. The number of piperidine rings is 1. The van der Waals surface area contributed by atoms with E-state index in [0.29, 0.717) is 32.8 Å². The molecule has 2 fully saturated rings. The molecule has 1 aromatic rings. The molecule has 2 heterocycles. The van der Waals surface area contributed by atoms with Crippen LogP contribution in [0, 0.1) is 11.8 Å². The van der Waals surface area contributed by atoms with Gasteiger partial charge in [0.15, 0.2) is 0 Å². The van der Waals surface area contributed by atoms with E-state index in [1.165, 1.54) is 0 Å². The highest BCUT2D eigenvalue weighted by molar-refractivity contribution is 5.81. The molecule has 0 radical (unpaired) electrons. The van der Waals surface area contributed by atoms with E-state index in [9.17, 15) is 9.59 Å². The number of carbonyl (C=O) groups excluding carboxylic acids is 2. The standard InChI is InChI=1S/C20H28N2O3/c1-21(15-16-5-3-2-4-6-16)19(23)17-7-11-22(12-8-17)20(24)18-9-13-25-14-10-18/h2-6,17-18H,7-15H2,1H3. The minimum absolute atomic E-state index is 0.0347. The van der Waals surface area contributed by atoms with Crippen LogP contribution in [-0.2, 0) is 20.9 Å². The second kappa shape index (κ2) is 8.48. The van der Waals surface area contributed by atoms with Crippen molar-refractivity contribution in [3.8, 4) is 0 Å². The summed E-state index contributed by atoms with van der Waals surface area (Å²) < 4.78 is 5.34. The van der Waals surface area contributed by atoms with Crippen molar-refractivity contribution in [2.75, 3.05) is 33.4 Å². The number of hydrogen-bond acceptors (Lipinski definition) is 3. The summed E-state index contributed by atoms with van der Waals surface area (Å²) in [5.41, 5.74) is 1.14. The lowest BCUT2D eigenvalue weighted by Crippen LogP contribution is -2.46. The molecule has 0 aromatic heterocycles. The average Bonchev–Trinajstić information content (AvgIpc) is 2.68. The van der Waals surface area contributed by atoms with Crippen molar-refractivity contribution in [2.45, 2.75) is 32.2 Å². The smallest absolute Gasteiger partial charge is 0.225 e. The molecule has 3 rings (SSSR count). The minimum Gasteiger partial charge on any atom is -0.381 e. The monoisotopic (exact) mass is 344 g/mol. The number of amides is 2. The molecule has 0 bridgehead atoms. The van der Waals surface area contributed by atoms with Crippen molar-refractivity contribution < 1.29 is 14.3 Å². The Labute approximate surface area is 149 Å². The van der Waals surface area contributed by atoms with Gasteiger partial charge in [-0.1, -0.05) is 30.3 Å². The Morgan fingerprint density at radius 2 is 1.68 bits per heavy atom. The number of rotatable bonds is 4. The Balaban J connectivity index is 1.47. The summed E-state index contributed by atoms with van der Waals surface area (Å²) in [4.78, 5) is 29.0. The molecular formula is C20H28N2O3. The van der Waals surface area contributed by atoms with Gasteiger partial charge in [-0.15, -0.1) is 0 Å². The summed E-state index contributed by atoms with van der Waals surface area (Å²) in [6.45, 7) is 3.42. The number of likely N-dealkylation sites (tertiary alicyclic amines) is 1. The normalized spacial score (nSPS) is 19.6. The van der Waals surface area contributed by atoms with Gasteiger partial charge >= 0.3 is 0 Å². The largest absolute Gasteiger partial charge is 0.381 e. The molecule has 0 atom stereocenters. The molecule has 0 unspecified atom stereocenters. The summed E-state index contributed by atoms with van der Waals surface area (Å²) in [5, 5.41) is 0.